The predicted octanol–water partition coefficient (Wildman–Crippen LogP) is 2.83. The van der Waals surface area contributed by atoms with Gasteiger partial charge in [-0.25, -0.2) is 0 Å². The summed E-state index contributed by atoms with van der Waals surface area (Å²) in [6.45, 7) is 0.684. The fourth-order valence-electron chi connectivity index (χ4n) is 2.03. The highest BCUT2D eigenvalue weighted by Gasteiger charge is 2.33. The van der Waals surface area contributed by atoms with Crippen LogP contribution in [0.15, 0.2) is 12.1 Å². The van der Waals surface area contributed by atoms with Gasteiger partial charge in [0.05, 0.1) is 23.1 Å². The summed E-state index contributed by atoms with van der Waals surface area (Å²) in [6, 6.07) is 2.42. The molecular formula is C12H14N2O6. The van der Waals surface area contributed by atoms with Gasteiger partial charge in [0.25, 0.3) is 0 Å². The minimum Gasteiger partial charge on any atom is -0.489 e. The zero-order valence-corrected chi connectivity index (χ0v) is 10.7. The van der Waals surface area contributed by atoms with Crippen LogP contribution in [0, 0.1) is 20.2 Å². The molecule has 0 bridgehead atoms. The molecule has 0 N–H and O–H groups in total. The third-order valence-corrected chi connectivity index (χ3v) is 3.00. The molecule has 0 aliphatic carbocycles. The summed E-state index contributed by atoms with van der Waals surface area (Å²) in [4.78, 5) is 20.4. The fourth-order valence-corrected chi connectivity index (χ4v) is 2.03. The van der Waals surface area contributed by atoms with Crippen molar-refractivity contribution in [3.05, 3.63) is 32.4 Å². The van der Waals surface area contributed by atoms with Crippen molar-refractivity contribution in [2.75, 3.05) is 13.2 Å². The van der Waals surface area contributed by atoms with E-state index in [1.165, 1.54) is 6.07 Å². The standard InChI is InChI=1S/C12H14N2O6/c15-13(16)9-5-6-10-12(11(9)14(17)18)20-8-4-2-1-3-7-19-10/h5-6H,1-4,7-8H2. The largest absolute Gasteiger partial charge is 0.489 e. The number of hydrogen-bond donors (Lipinski definition) is 0. The van der Waals surface area contributed by atoms with Crippen molar-refractivity contribution in [3.63, 3.8) is 0 Å². The lowest BCUT2D eigenvalue weighted by Gasteiger charge is -2.14. The van der Waals surface area contributed by atoms with Gasteiger partial charge in [-0.05, 0) is 31.7 Å². The third-order valence-electron chi connectivity index (χ3n) is 3.00. The second-order valence-electron chi connectivity index (χ2n) is 4.39. The molecular weight excluding hydrogens is 268 g/mol. The molecule has 0 atom stereocenters. The third kappa shape index (κ3) is 2.95. The van der Waals surface area contributed by atoms with Crippen molar-refractivity contribution in [3.8, 4) is 11.5 Å². The van der Waals surface area contributed by atoms with Crippen LogP contribution in [0.25, 0.3) is 0 Å². The molecule has 2 rings (SSSR count). The van der Waals surface area contributed by atoms with Gasteiger partial charge in [0.1, 0.15) is 0 Å². The van der Waals surface area contributed by atoms with Crippen LogP contribution in [0.4, 0.5) is 11.4 Å². The van der Waals surface area contributed by atoms with Gasteiger partial charge < -0.3 is 9.47 Å². The average Bonchev–Trinajstić information content (AvgIpc) is 2.42. The number of nitrogens with zero attached hydrogens (tertiary/aromatic N) is 2. The number of benzene rings is 1. The minimum absolute atomic E-state index is 0.147. The van der Waals surface area contributed by atoms with Gasteiger partial charge in [-0.2, -0.15) is 0 Å². The van der Waals surface area contributed by atoms with Crippen LogP contribution in [0.3, 0.4) is 0 Å². The molecule has 1 aliphatic heterocycles. The maximum atomic E-state index is 11.1. The van der Waals surface area contributed by atoms with E-state index < -0.39 is 21.2 Å². The number of hydrogen-bond acceptors (Lipinski definition) is 6. The SMILES string of the molecule is O=[N+]([O-])c1ccc2c(c1[N+](=O)[O-])OCCCCCCO2. The minimum atomic E-state index is -0.800. The molecule has 8 heteroatoms. The lowest BCUT2D eigenvalue weighted by Crippen LogP contribution is -2.08. The highest BCUT2D eigenvalue weighted by molar-refractivity contribution is 5.67. The van der Waals surface area contributed by atoms with E-state index in [0.29, 0.717) is 6.61 Å². The van der Waals surface area contributed by atoms with Crippen molar-refractivity contribution in [1.82, 2.24) is 0 Å². The van der Waals surface area contributed by atoms with E-state index in [1.807, 2.05) is 0 Å². The van der Waals surface area contributed by atoms with Gasteiger partial charge in [0, 0.05) is 6.07 Å². The number of fused-ring (bicyclic) bond motifs is 1. The van der Waals surface area contributed by atoms with Gasteiger partial charge in [-0.3, -0.25) is 20.2 Å². The first-order chi connectivity index (χ1) is 9.61. The van der Waals surface area contributed by atoms with Gasteiger partial charge in [-0.15, -0.1) is 0 Å². The van der Waals surface area contributed by atoms with Crippen LogP contribution in [0.2, 0.25) is 0 Å². The van der Waals surface area contributed by atoms with Crippen LogP contribution in [-0.2, 0) is 0 Å². The van der Waals surface area contributed by atoms with E-state index >= 15 is 0 Å². The van der Waals surface area contributed by atoms with Crippen LogP contribution >= 0.6 is 0 Å². The summed E-state index contributed by atoms with van der Waals surface area (Å²) in [5.41, 5.74) is -1.23. The lowest BCUT2D eigenvalue weighted by atomic mass is 10.2. The second kappa shape index (κ2) is 6.18. The zero-order valence-electron chi connectivity index (χ0n) is 10.7. The highest BCUT2D eigenvalue weighted by atomic mass is 16.6. The van der Waals surface area contributed by atoms with Crippen LogP contribution in [-0.4, -0.2) is 23.1 Å². The molecule has 0 fully saturated rings. The number of nitro groups is 2. The Morgan fingerprint density at radius 2 is 1.55 bits per heavy atom. The summed E-state index contributed by atoms with van der Waals surface area (Å²) >= 11 is 0. The maximum Gasteiger partial charge on any atom is 0.391 e. The first-order valence-electron chi connectivity index (χ1n) is 6.32. The Kier molecular flexibility index (Phi) is 4.34. The quantitative estimate of drug-likeness (QED) is 0.610. The summed E-state index contributed by atoms with van der Waals surface area (Å²) in [7, 11) is 0. The summed E-state index contributed by atoms with van der Waals surface area (Å²) in [5, 5.41) is 22.0. The molecule has 20 heavy (non-hydrogen) atoms. The van der Waals surface area contributed by atoms with Crippen molar-refractivity contribution >= 4 is 11.4 Å². The Morgan fingerprint density at radius 3 is 2.15 bits per heavy atom. The van der Waals surface area contributed by atoms with Crippen LogP contribution in [0.5, 0.6) is 11.5 Å². The Labute approximate surface area is 114 Å². The van der Waals surface area contributed by atoms with Crippen molar-refractivity contribution < 1.29 is 19.3 Å². The first kappa shape index (κ1) is 14.0. The van der Waals surface area contributed by atoms with E-state index in [9.17, 15) is 20.2 Å². The predicted molar refractivity (Wildman–Crippen MR) is 69.2 cm³/mol. The Bertz CT molecular complexity index is 531. The first-order valence-corrected chi connectivity index (χ1v) is 6.32. The Hall–Kier alpha value is -2.38. The molecule has 0 aromatic heterocycles. The Balaban J connectivity index is 2.49. The summed E-state index contributed by atoms with van der Waals surface area (Å²) in [5.74, 6) is 0.0373. The molecule has 0 saturated carbocycles. The topological polar surface area (TPSA) is 105 Å². The number of ether oxygens (including phenoxy) is 2. The average molecular weight is 282 g/mol. The van der Waals surface area contributed by atoms with Crippen LogP contribution < -0.4 is 9.47 Å². The number of rotatable bonds is 2. The maximum absolute atomic E-state index is 11.1. The molecule has 1 aromatic rings. The fraction of sp³-hybridized carbons (Fsp3) is 0.500. The normalized spacial score (nSPS) is 15.4. The molecule has 0 radical (unpaired) electrons. The second-order valence-corrected chi connectivity index (χ2v) is 4.39. The van der Waals surface area contributed by atoms with Gasteiger partial charge >= 0.3 is 11.4 Å². The van der Waals surface area contributed by atoms with Crippen molar-refractivity contribution in [2.24, 2.45) is 0 Å². The Morgan fingerprint density at radius 1 is 0.900 bits per heavy atom. The molecule has 0 amide bonds. The van der Waals surface area contributed by atoms with Crippen LogP contribution in [0.1, 0.15) is 25.7 Å². The van der Waals surface area contributed by atoms with E-state index in [4.69, 9.17) is 9.47 Å². The van der Waals surface area contributed by atoms with E-state index in [2.05, 4.69) is 0 Å². The molecule has 8 nitrogen and oxygen atoms in total. The van der Waals surface area contributed by atoms with E-state index in [1.54, 1.807) is 0 Å². The summed E-state index contributed by atoms with van der Waals surface area (Å²) < 4.78 is 10.8. The molecule has 1 heterocycles. The molecule has 108 valence electrons. The summed E-state index contributed by atoms with van der Waals surface area (Å²) in [6.07, 6.45) is 3.51. The monoisotopic (exact) mass is 282 g/mol. The molecule has 0 saturated heterocycles. The lowest BCUT2D eigenvalue weighted by molar-refractivity contribution is -0.423. The number of nitro benzene ring substituents is 2. The zero-order chi connectivity index (χ0) is 14.5. The van der Waals surface area contributed by atoms with Crippen molar-refractivity contribution in [1.29, 1.82) is 0 Å². The van der Waals surface area contributed by atoms with Gasteiger partial charge in [0.15, 0.2) is 5.75 Å². The van der Waals surface area contributed by atoms with Gasteiger partial charge in [0.2, 0.25) is 5.75 Å². The highest BCUT2D eigenvalue weighted by Crippen LogP contribution is 2.43. The molecule has 1 aliphatic rings. The van der Waals surface area contributed by atoms with E-state index in [0.717, 1.165) is 31.7 Å². The van der Waals surface area contributed by atoms with E-state index in [-0.39, 0.29) is 18.1 Å². The smallest absolute Gasteiger partial charge is 0.391 e. The van der Waals surface area contributed by atoms with Crippen molar-refractivity contribution in [2.45, 2.75) is 25.7 Å². The molecule has 1 aromatic carbocycles. The van der Waals surface area contributed by atoms with Gasteiger partial charge in [-0.1, -0.05) is 0 Å². The molecule has 0 unspecified atom stereocenters. The molecule has 0 spiro atoms.